The van der Waals surface area contributed by atoms with Gasteiger partial charge in [-0.25, -0.2) is 0 Å². The third-order valence-corrected chi connectivity index (χ3v) is 7.27. The molecule has 7 heteroatoms. The average molecular weight is 516 g/mol. The van der Waals surface area contributed by atoms with Crippen LogP contribution < -0.4 is 14.8 Å². The fourth-order valence-electron chi connectivity index (χ4n) is 5.44. The lowest BCUT2D eigenvalue weighted by atomic mass is 9.73. The first kappa shape index (κ1) is 25.8. The second-order valence-corrected chi connectivity index (χ2v) is 10.1. The molecule has 1 aliphatic heterocycles. The molecular weight excluding hydrogens is 482 g/mol. The van der Waals surface area contributed by atoms with Gasteiger partial charge >= 0.3 is 0 Å². The number of hydrogen-bond acceptors (Lipinski definition) is 6. The van der Waals surface area contributed by atoms with Crippen molar-refractivity contribution in [3.8, 4) is 11.5 Å². The van der Waals surface area contributed by atoms with E-state index in [1.165, 1.54) is 0 Å². The predicted molar refractivity (Wildman–Crippen MR) is 143 cm³/mol. The first-order chi connectivity index (χ1) is 18.4. The molecule has 0 saturated carbocycles. The molecule has 2 aromatic rings. The van der Waals surface area contributed by atoms with E-state index in [1.807, 2.05) is 51.1 Å². The van der Waals surface area contributed by atoms with Crippen LogP contribution in [-0.2, 0) is 19.1 Å². The van der Waals surface area contributed by atoms with Gasteiger partial charge in [0.05, 0.1) is 6.61 Å². The molecule has 0 fully saturated rings. The van der Waals surface area contributed by atoms with Gasteiger partial charge in [-0.15, -0.1) is 0 Å². The van der Waals surface area contributed by atoms with Crippen molar-refractivity contribution in [3.63, 3.8) is 0 Å². The topological polar surface area (TPSA) is 90.9 Å². The fourth-order valence-corrected chi connectivity index (χ4v) is 5.44. The van der Waals surface area contributed by atoms with Crippen molar-refractivity contribution in [3.05, 3.63) is 75.8 Å². The fraction of sp³-hybridized carbons (Fsp3) is 0.387. The van der Waals surface area contributed by atoms with Crippen LogP contribution in [0.25, 0.3) is 0 Å². The molecular formula is C31H33NO6. The maximum absolute atomic E-state index is 13.1. The Hall–Kier alpha value is -3.87. The Kier molecular flexibility index (Phi) is 7.36. The van der Waals surface area contributed by atoms with Crippen molar-refractivity contribution < 1.29 is 28.6 Å². The van der Waals surface area contributed by atoms with Crippen molar-refractivity contribution in [2.75, 3.05) is 18.5 Å². The number of carbonyl (C=O) groups is 3. The number of ketones is 2. The minimum Gasteiger partial charge on any atom is -0.490 e. The van der Waals surface area contributed by atoms with Crippen LogP contribution in [0.5, 0.6) is 11.5 Å². The Labute approximate surface area is 222 Å². The normalized spacial score (nSPS) is 17.6. The molecule has 0 spiro atoms. The van der Waals surface area contributed by atoms with Gasteiger partial charge in [0, 0.05) is 48.4 Å². The summed E-state index contributed by atoms with van der Waals surface area (Å²) in [6.45, 7) is 5.98. The Morgan fingerprint density at radius 1 is 0.895 bits per heavy atom. The average Bonchev–Trinajstić information content (AvgIpc) is 2.89. The van der Waals surface area contributed by atoms with Crippen molar-refractivity contribution >= 4 is 23.2 Å². The van der Waals surface area contributed by atoms with E-state index in [1.54, 1.807) is 6.07 Å². The second kappa shape index (κ2) is 10.9. The maximum Gasteiger partial charge on any atom is 0.262 e. The van der Waals surface area contributed by atoms with Crippen LogP contribution >= 0.6 is 0 Å². The zero-order chi connectivity index (χ0) is 26.8. The van der Waals surface area contributed by atoms with E-state index in [-0.39, 0.29) is 24.1 Å². The van der Waals surface area contributed by atoms with Crippen LogP contribution in [0, 0.1) is 13.8 Å². The molecule has 198 valence electrons. The highest BCUT2D eigenvalue weighted by Gasteiger charge is 2.42. The highest BCUT2D eigenvalue weighted by Crippen LogP contribution is 2.48. The van der Waals surface area contributed by atoms with Crippen molar-refractivity contribution in [1.29, 1.82) is 0 Å². The summed E-state index contributed by atoms with van der Waals surface area (Å²) in [4.78, 5) is 38.8. The van der Waals surface area contributed by atoms with Gasteiger partial charge < -0.3 is 19.5 Å². The molecule has 38 heavy (non-hydrogen) atoms. The summed E-state index contributed by atoms with van der Waals surface area (Å²) >= 11 is 0. The lowest BCUT2D eigenvalue weighted by molar-refractivity contribution is -0.119. The van der Waals surface area contributed by atoms with E-state index in [0.717, 1.165) is 35.2 Å². The predicted octanol–water partition coefficient (Wildman–Crippen LogP) is 5.85. The largest absolute Gasteiger partial charge is 0.490 e. The van der Waals surface area contributed by atoms with Crippen molar-refractivity contribution in [1.82, 2.24) is 0 Å². The summed E-state index contributed by atoms with van der Waals surface area (Å²) in [6, 6.07) is 11.3. The minimum absolute atomic E-state index is 0.0302. The van der Waals surface area contributed by atoms with Crippen LogP contribution in [0.4, 0.5) is 5.69 Å². The Morgan fingerprint density at radius 3 is 2.24 bits per heavy atom. The van der Waals surface area contributed by atoms with E-state index >= 15 is 0 Å². The number of aryl methyl sites for hydroxylation is 2. The van der Waals surface area contributed by atoms with Gasteiger partial charge in [0.25, 0.3) is 5.91 Å². The highest BCUT2D eigenvalue weighted by molar-refractivity contribution is 6.05. The standard InChI is InChI=1S/C31H33NO6/c1-4-36-27-16-20(13-14-24(27)37-17-28(35)32-21-15-18(2)11-12-19(21)3)29-30-22(33)7-5-9-25(30)38-26-10-6-8-23(34)31(26)29/h11-16,29H,4-10,17H2,1-3H3,(H,32,35). The number of ether oxygens (including phenoxy) is 3. The quantitative estimate of drug-likeness (QED) is 0.498. The maximum atomic E-state index is 13.1. The van der Waals surface area contributed by atoms with Gasteiger partial charge in [-0.1, -0.05) is 18.2 Å². The lowest BCUT2D eigenvalue weighted by Crippen LogP contribution is -2.30. The SMILES string of the molecule is CCOc1cc(C2C3=C(CCCC3=O)OC3=C2C(=O)CCC3)ccc1OCC(=O)Nc1cc(C)ccc1C. The van der Waals surface area contributed by atoms with Crippen molar-refractivity contribution in [2.45, 2.75) is 65.2 Å². The number of anilines is 1. The Bertz CT molecular complexity index is 1330. The molecule has 0 radical (unpaired) electrons. The number of nitrogens with one attached hydrogen (secondary N) is 1. The molecule has 2 aromatic carbocycles. The number of benzene rings is 2. The van der Waals surface area contributed by atoms with Crippen molar-refractivity contribution in [2.24, 2.45) is 0 Å². The molecule has 3 aliphatic rings. The van der Waals surface area contributed by atoms with E-state index < -0.39 is 5.92 Å². The first-order valence-electron chi connectivity index (χ1n) is 13.3. The second-order valence-electron chi connectivity index (χ2n) is 10.1. The highest BCUT2D eigenvalue weighted by atomic mass is 16.5. The number of rotatable bonds is 7. The zero-order valence-electron chi connectivity index (χ0n) is 22.1. The Morgan fingerprint density at radius 2 is 1.58 bits per heavy atom. The van der Waals surface area contributed by atoms with E-state index in [2.05, 4.69) is 5.32 Å². The summed E-state index contributed by atoms with van der Waals surface area (Å²) in [6.07, 6.45) is 3.79. The molecule has 7 nitrogen and oxygen atoms in total. The number of allylic oxidation sites excluding steroid dienone is 4. The third-order valence-electron chi connectivity index (χ3n) is 7.27. The molecule has 5 rings (SSSR count). The van der Waals surface area contributed by atoms with Gasteiger partial charge in [-0.3, -0.25) is 14.4 Å². The van der Waals surface area contributed by atoms with Gasteiger partial charge in [-0.2, -0.15) is 0 Å². The van der Waals surface area contributed by atoms with Gasteiger partial charge in [0.15, 0.2) is 29.7 Å². The molecule has 1 heterocycles. The van der Waals surface area contributed by atoms with Crippen LogP contribution in [0.15, 0.2) is 59.1 Å². The summed E-state index contributed by atoms with van der Waals surface area (Å²) in [5, 5.41) is 2.90. The van der Waals surface area contributed by atoms with Gasteiger partial charge in [-0.05, 0) is 68.5 Å². The Balaban J connectivity index is 1.43. The summed E-state index contributed by atoms with van der Waals surface area (Å²) in [7, 11) is 0. The molecule has 2 aliphatic carbocycles. The van der Waals surface area contributed by atoms with E-state index in [0.29, 0.717) is 66.5 Å². The number of carbonyl (C=O) groups excluding carboxylic acids is 3. The zero-order valence-corrected chi connectivity index (χ0v) is 22.1. The lowest BCUT2D eigenvalue weighted by Gasteiger charge is -2.36. The monoisotopic (exact) mass is 515 g/mol. The molecule has 1 amide bonds. The van der Waals surface area contributed by atoms with Gasteiger partial charge in [0.2, 0.25) is 0 Å². The smallest absolute Gasteiger partial charge is 0.262 e. The van der Waals surface area contributed by atoms with Crippen LogP contribution in [-0.4, -0.2) is 30.7 Å². The first-order valence-corrected chi connectivity index (χ1v) is 13.3. The number of Topliss-reactive ketones (excluding diaryl/α,β-unsaturated/α-hetero) is 2. The summed E-state index contributed by atoms with van der Waals surface area (Å²) in [5.41, 5.74) is 4.74. The summed E-state index contributed by atoms with van der Waals surface area (Å²) in [5.74, 6) is 1.58. The third kappa shape index (κ3) is 5.10. The summed E-state index contributed by atoms with van der Waals surface area (Å²) < 4.78 is 17.9. The van der Waals surface area contributed by atoms with E-state index in [9.17, 15) is 14.4 Å². The molecule has 0 saturated heterocycles. The minimum atomic E-state index is -0.477. The number of amides is 1. The van der Waals surface area contributed by atoms with Gasteiger partial charge in [0.1, 0.15) is 11.5 Å². The molecule has 0 aromatic heterocycles. The molecule has 0 atom stereocenters. The van der Waals surface area contributed by atoms with Crippen LogP contribution in [0.2, 0.25) is 0 Å². The molecule has 0 bridgehead atoms. The van der Waals surface area contributed by atoms with Crippen LogP contribution in [0.1, 0.15) is 68.1 Å². The molecule has 0 unspecified atom stereocenters. The molecule has 1 N–H and O–H groups in total. The van der Waals surface area contributed by atoms with E-state index in [4.69, 9.17) is 14.2 Å². The number of hydrogen-bond donors (Lipinski definition) is 1. The van der Waals surface area contributed by atoms with Crippen LogP contribution in [0.3, 0.4) is 0 Å².